The molecule has 0 aliphatic carbocycles. The summed E-state index contributed by atoms with van der Waals surface area (Å²) in [5.41, 5.74) is 2.07. The molecule has 0 aliphatic heterocycles. The van der Waals surface area contributed by atoms with Crippen LogP contribution >= 0.6 is 0 Å². The molecule has 3 heteroatoms. The van der Waals surface area contributed by atoms with Crippen LogP contribution in [-0.4, -0.2) is 10.2 Å². The van der Waals surface area contributed by atoms with E-state index in [1.807, 2.05) is 0 Å². The maximum atomic E-state index is 9.20. The summed E-state index contributed by atoms with van der Waals surface area (Å²) in [7, 11) is 0. The van der Waals surface area contributed by atoms with Gasteiger partial charge in [0.05, 0.1) is 11.6 Å². The third-order valence-electron chi connectivity index (χ3n) is 2.50. The average molecular weight is 237 g/mol. The molecule has 0 radical (unpaired) electrons. The summed E-state index contributed by atoms with van der Waals surface area (Å²) < 4.78 is 0. The van der Waals surface area contributed by atoms with E-state index in [9.17, 15) is 10.2 Å². The molecule has 0 bridgehead atoms. The molecule has 0 heterocycles. The van der Waals surface area contributed by atoms with Crippen molar-refractivity contribution in [2.45, 2.75) is 0 Å². The highest BCUT2D eigenvalue weighted by molar-refractivity contribution is 5.89. The minimum absolute atomic E-state index is 0.167. The number of nitriles is 1. The molecule has 18 heavy (non-hydrogen) atoms. The van der Waals surface area contributed by atoms with Gasteiger partial charge in [-0.1, -0.05) is 12.1 Å². The summed E-state index contributed by atoms with van der Waals surface area (Å²) in [6.07, 6.45) is 1.73. The smallest absolute Gasteiger partial charge is 0.115 e. The molecule has 0 saturated carbocycles. The van der Waals surface area contributed by atoms with Crippen LogP contribution in [0.15, 0.2) is 48.5 Å². The van der Waals surface area contributed by atoms with Gasteiger partial charge in [0.25, 0.3) is 0 Å². The molecule has 0 aliphatic rings. The van der Waals surface area contributed by atoms with Crippen molar-refractivity contribution in [3.8, 4) is 17.6 Å². The van der Waals surface area contributed by atoms with Crippen LogP contribution in [0.5, 0.6) is 11.5 Å². The first-order valence-corrected chi connectivity index (χ1v) is 5.39. The van der Waals surface area contributed by atoms with Crippen LogP contribution in [0.25, 0.3) is 11.6 Å². The lowest BCUT2D eigenvalue weighted by molar-refractivity contribution is 0.474. The Morgan fingerprint density at radius 2 is 1.39 bits per heavy atom. The molecule has 2 N–H and O–H groups in total. The molecule has 0 saturated heterocycles. The van der Waals surface area contributed by atoms with Crippen molar-refractivity contribution in [1.29, 1.82) is 5.26 Å². The van der Waals surface area contributed by atoms with Gasteiger partial charge >= 0.3 is 0 Å². The fourth-order valence-electron chi connectivity index (χ4n) is 1.56. The number of phenols is 2. The number of hydrogen-bond acceptors (Lipinski definition) is 3. The number of aromatic hydroxyl groups is 2. The number of phenolic OH excluding ortho intramolecular Hbond substituents is 2. The summed E-state index contributed by atoms with van der Waals surface area (Å²) in [6.45, 7) is 0. The van der Waals surface area contributed by atoms with E-state index in [0.29, 0.717) is 5.57 Å². The number of nitrogens with zero attached hydrogens (tertiary/aromatic N) is 1. The molecule has 0 unspecified atom stereocenters. The van der Waals surface area contributed by atoms with Crippen LogP contribution in [0, 0.1) is 11.3 Å². The van der Waals surface area contributed by atoms with E-state index in [0.717, 1.165) is 11.1 Å². The highest BCUT2D eigenvalue weighted by Gasteiger charge is 2.01. The third kappa shape index (κ3) is 2.69. The standard InChI is InChI=1S/C15H11NO2/c16-10-13(12-3-7-15(18)8-4-12)9-11-1-5-14(17)6-2-11/h1-9,17-18H/b13-9+. The maximum Gasteiger partial charge on any atom is 0.115 e. The van der Waals surface area contributed by atoms with E-state index < -0.39 is 0 Å². The van der Waals surface area contributed by atoms with E-state index in [-0.39, 0.29) is 11.5 Å². The largest absolute Gasteiger partial charge is 0.508 e. The fourth-order valence-corrected chi connectivity index (χ4v) is 1.56. The number of benzene rings is 2. The zero-order chi connectivity index (χ0) is 13.0. The Hall–Kier alpha value is -2.73. The van der Waals surface area contributed by atoms with Gasteiger partial charge in [0.15, 0.2) is 0 Å². The predicted molar refractivity (Wildman–Crippen MR) is 69.7 cm³/mol. The van der Waals surface area contributed by atoms with Gasteiger partial charge in [0.2, 0.25) is 0 Å². The summed E-state index contributed by atoms with van der Waals surface area (Å²) in [4.78, 5) is 0. The SMILES string of the molecule is N#C/C(=C\c1ccc(O)cc1)c1ccc(O)cc1. The highest BCUT2D eigenvalue weighted by Crippen LogP contribution is 2.21. The first-order chi connectivity index (χ1) is 8.69. The van der Waals surface area contributed by atoms with Crippen LogP contribution in [0.3, 0.4) is 0 Å². The monoisotopic (exact) mass is 237 g/mol. The molecule has 2 rings (SSSR count). The van der Waals surface area contributed by atoms with Crippen LogP contribution in [-0.2, 0) is 0 Å². The van der Waals surface area contributed by atoms with Crippen LogP contribution < -0.4 is 0 Å². The fraction of sp³-hybridized carbons (Fsp3) is 0. The highest BCUT2D eigenvalue weighted by atomic mass is 16.3. The van der Waals surface area contributed by atoms with Gasteiger partial charge in [-0.15, -0.1) is 0 Å². The Bertz CT molecular complexity index is 604. The molecular weight excluding hydrogens is 226 g/mol. The second kappa shape index (κ2) is 5.07. The molecule has 0 atom stereocenters. The normalized spacial score (nSPS) is 10.9. The van der Waals surface area contributed by atoms with Gasteiger partial charge in [0, 0.05) is 0 Å². The number of allylic oxidation sites excluding steroid dienone is 1. The van der Waals surface area contributed by atoms with Crippen molar-refractivity contribution in [2.75, 3.05) is 0 Å². The maximum absolute atomic E-state index is 9.20. The van der Waals surface area contributed by atoms with Gasteiger partial charge in [-0.2, -0.15) is 5.26 Å². The first-order valence-electron chi connectivity index (χ1n) is 5.39. The van der Waals surface area contributed by atoms with Gasteiger partial charge in [0.1, 0.15) is 11.5 Å². The Morgan fingerprint density at radius 3 is 1.89 bits per heavy atom. The van der Waals surface area contributed by atoms with Gasteiger partial charge < -0.3 is 10.2 Å². The number of rotatable bonds is 2. The quantitative estimate of drug-likeness (QED) is 0.622. The Balaban J connectivity index is 2.37. The van der Waals surface area contributed by atoms with Crippen molar-refractivity contribution < 1.29 is 10.2 Å². The van der Waals surface area contributed by atoms with E-state index in [2.05, 4.69) is 6.07 Å². The van der Waals surface area contributed by atoms with Crippen molar-refractivity contribution in [2.24, 2.45) is 0 Å². The summed E-state index contributed by atoms with van der Waals surface area (Å²) in [6, 6.07) is 15.2. The second-order valence-electron chi connectivity index (χ2n) is 3.81. The molecular formula is C15H11NO2. The second-order valence-corrected chi connectivity index (χ2v) is 3.81. The van der Waals surface area contributed by atoms with E-state index in [1.165, 1.54) is 12.1 Å². The topological polar surface area (TPSA) is 64.2 Å². The minimum Gasteiger partial charge on any atom is -0.508 e. The predicted octanol–water partition coefficient (Wildman–Crippen LogP) is 3.16. The molecule has 2 aromatic carbocycles. The van der Waals surface area contributed by atoms with Crippen LogP contribution in [0.4, 0.5) is 0 Å². The van der Waals surface area contributed by atoms with Crippen LogP contribution in [0.1, 0.15) is 11.1 Å². The molecule has 2 aromatic rings. The molecule has 3 nitrogen and oxygen atoms in total. The molecule has 0 amide bonds. The Labute approximate surface area is 105 Å². The van der Waals surface area contributed by atoms with Gasteiger partial charge in [-0.05, 0) is 53.6 Å². The minimum atomic E-state index is 0.167. The third-order valence-corrected chi connectivity index (χ3v) is 2.50. The zero-order valence-corrected chi connectivity index (χ0v) is 9.54. The van der Waals surface area contributed by atoms with Gasteiger partial charge in [-0.3, -0.25) is 0 Å². The van der Waals surface area contributed by atoms with Crippen molar-refractivity contribution >= 4 is 11.6 Å². The molecule has 0 spiro atoms. The lowest BCUT2D eigenvalue weighted by Gasteiger charge is -2.00. The Morgan fingerprint density at radius 1 is 0.889 bits per heavy atom. The van der Waals surface area contributed by atoms with E-state index in [4.69, 9.17) is 5.26 Å². The van der Waals surface area contributed by atoms with Crippen molar-refractivity contribution in [1.82, 2.24) is 0 Å². The molecule has 0 aromatic heterocycles. The van der Waals surface area contributed by atoms with Crippen molar-refractivity contribution in [3.05, 3.63) is 59.7 Å². The molecule has 88 valence electrons. The summed E-state index contributed by atoms with van der Waals surface area (Å²) in [5, 5.41) is 27.5. The lowest BCUT2D eigenvalue weighted by atomic mass is 10.0. The number of hydrogen-bond donors (Lipinski definition) is 2. The summed E-state index contributed by atoms with van der Waals surface area (Å²) >= 11 is 0. The van der Waals surface area contributed by atoms with Crippen molar-refractivity contribution in [3.63, 3.8) is 0 Å². The first kappa shape index (κ1) is 11.7. The van der Waals surface area contributed by atoms with E-state index in [1.54, 1.807) is 42.5 Å². The molecule has 0 fully saturated rings. The average Bonchev–Trinajstić information content (AvgIpc) is 2.39. The van der Waals surface area contributed by atoms with Gasteiger partial charge in [-0.25, -0.2) is 0 Å². The van der Waals surface area contributed by atoms with Crippen LogP contribution in [0.2, 0.25) is 0 Å². The van der Waals surface area contributed by atoms with E-state index >= 15 is 0 Å². The zero-order valence-electron chi connectivity index (χ0n) is 9.54. The Kier molecular flexibility index (Phi) is 3.31. The lowest BCUT2D eigenvalue weighted by Crippen LogP contribution is -1.81. The summed E-state index contributed by atoms with van der Waals surface area (Å²) in [5.74, 6) is 0.357.